The summed E-state index contributed by atoms with van der Waals surface area (Å²) in [5, 5.41) is 0. The summed E-state index contributed by atoms with van der Waals surface area (Å²) in [5.41, 5.74) is 0. The van der Waals surface area contributed by atoms with Gasteiger partial charge in [0.15, 0.2) is 0 Å². The number of nitrogens with zero attached hydrogens (tertiary/aromatic N) is 1. The average molecular weight is 227 g/mol. The maximum Gasteiger partial charge on any atom is 0.250 e. The van der Waals surface area contributed by atoms with Gasteiger partial charge in [-0.1, -0.05) is 0 Å². The second kappa shape index (κ2) is 4.84. The number of halogens is 2. The molecule has 0 aromatic heterocycles. The molecule has 0 N–H and O–H groups in total. The van der Waals surface area contributed by atoms with Gasteiger partial charge in [-0.3, -0.25) is 0 Å². The fourth-order valence-electron chi connectivity index (χ4n) is 1.40. The summed E-state index contributed by atoms with van der Waals surface area (Å²) in [6, 6.07) is 0. The van der Waals surface area contributed by atoms with Gasteiger partial charge in [0, 0.05) is 30.5 Å². The largest absolute Gasteiger partial charge is 0.303 e. The van der Waals surface area contributed by atoms with Crippen molar-refractivity contribution in [2.75, 3.05) is 19.6 Å². The van der Waals surface area contributed by atoms with Crippen LogP contribution in [-0.2, 0) is 0 Å². The molecule has 5 heteroatoms. The van der Waals surface area contributed by atoms with E-state index in [0.717, 1.165) is 13.0 Å². The van der Waals surface area contributed by atoms with Crippen molar-refractivity contribution in [3.8, 4) is 0 Å². The van der Waals surface area contributed by atoms with Crippen LogP contribution in [0.2, 0.25) is 0 Å². The molecule has 0 bridgehead atoms. The van der Waals surface area contributed by atoms with Gasteiger partial charge in [-0.05, 0) is 13.0 Å². The third-order valence-corrected chi connectivity index (χ3v) is 2.81. The summed E-state index contributed by atoms with van der Waals surface area (Å²) < 4.78 is 25.5. The first kappa shape index (κ1) is 11.6. The van der Waals surface area contributed by atoms with E-state index in [9.17, 15) is 8.78 Å². The van der Waals surface area contributed by atoms with Crippen molar-refractivity contribution in [2.45, 2.75) is 29.8 Å². The summed E-state index contributed by atoms with van der Waals surface area (Å²) >= 11 is 8.24. The van der Waals surface area contributed by atoms with Gasteiger partial charge in [-0.25, -0.2) is 8.78 Å². The molecule has 1 aliphatic heterocycles. The zero-order valence-corrected chi connectivity index (χ0v) is 9.21. The Balaban J connectivity index is 2.18. The monoisotopic (exact) mass is 227 g/mol. The molecule has 1 nitrogen and oxygen atoms in total. The van der Waals surface area contributed by atoms with Gasteiger partial charge in [-0.2, -0.15) is 25.3 Å². The van der Waals surface area contributed by atoms with E-state index < -0.39 is 5.92 Å². The number of likely N-dealkylation sites (tertiary alicyclic amines) is 1. The van der Waals surface area contributed by atoms with Gasteiger partial charge >= 0.3 is 0 Å². The molecule has 1 heterocycles. The minimum Gasteiger partial charge on any atom is -0.303 e. The summed E-state index contributed by atoms with van der Waals surface area (Å²) in [5.74, 6) is -2.43. The number of alkyl halides is 2. The molecule has 0 aromatic rings. The standard InChI is InChI=1S/C8H15F2NS2/c9-8(10)2-5-11(6-3-8)4-1-7(12)13/h7,12-13H,1-6H2. The van der Waals surface area contributed by atoms with Crippen molar-refractivity contribution in [3.63, 3.8) is 0 Å². The molecule has 0 atom stereocenters. The Hall–Kier alpha value is 0.520. The molecule has 0 radical (unpaired) electrons. The van der Waals surface area contributed by atoms with Crippen molar-refractivity contribution >= 4 is 25.3 Å². The van der Waals surface area contributed by atoms with E-state index >= 15 is 0 Å². The van der Waals surface area contributed by atoms with Crippen LogP contribution in [0.15, 0.2) is 0 Å². The first-order valence-electron chi connectivity index (χ1n) is 4.46. The van der Waals surface area contributed by atoms with Gasteiger partial charge in [0.1, 0.15) is 0 Å². The van der Waals surface area contributed by atoms with Gasteiger partial charge in [-0.15, -0.1) is 0 Å². The van der Waals surface area contributed by atoms with Crippen molar-refractivity contribution in [1.29, 1.82) is 0 Å². The van der Waals surface area contributed by atoms with Gasteiger partial charge in [0.05, 0.1) is 0 Å². The first-order chi connectivity index (χ1) is 5.99. The Labute approximate surface area is 88.7 Å². The van der Waals surface area contributed by atoms with Crippen LogP contribution in [0.3, 0.4) is 0 Å². The Morgan fingerprint density at radius 1 is 1.23 bits per heavy atom. The highest BCUT2D eigenvalue weighted by Crippen LogP contribution is 2.27. The van der Waals surface area contributed by atoms with Crippen LogP contribution in [0, 0.1) is 0 Å². The first-order valence-corrected chi connectivity index (χ1v) is 5.49. The number of piperidine rings is 1. The van der Waals surface area contributed by atoms with Crippen molar-refractivity contribution in [3.05, 3.63) is 0 Å². The van der Waals surface area contributed by atoms with Crippen molar-refractivity contribution < 1.29 is 8.78 Å². The van der Waals surface area contributed by atoms with Crippen LogP contribution < -0.4 is 0 Å². The van der Waals surface area contributed by atoms with E-state index in [4.69, 9.17) is 0 Å². The normalized spacial score (nSPS) is 23.8. The second-order valence-electron chi connectivity index (χ2n) is 3.47. The summed E-state index contributed by atoms with van der Waals surface area (Å²) in [6.45, 7) is 1.83. The molecule has 0 saturated carbocycles. The maximum atomic E-state index is 12.7. The van der Waals surface area contributed by atoms with E-state index in [-0.39, 0.29) is 17.4 Å². The highest BCUT2D eigenvalue weighted by Gasteiger charge is 2.33. The molecule has 0 aromatic carbocycles. The Morgan fingerprint density at radius 2 is 1.77 bits per heavy atom. The molecule has 1 fully saturated rings. The average Bonchev–Trinajstić information content (AvgIpc) is 2.02. The van der Waals surface area contributed by atoms with E-state index in [1.165, 1.54) is 0 Å². The molecule has 0 spiro atoms. The predicted molar refractivity (Wildman–Crippen MR) is 57.0 cm³/mol. The van der Waals surface area contributed by atoms with Crippen LogP contribution in [-0.4, -0.2) is 35.0 Å². The zero-order valence-electron chi connectivity index (χ0n) is 7.42. The SMILES string of the molecule is FC1(F)CCN(CCC(S)S)CC1. The van der Waals surface area contributed by atoms with Crippen LogP contribution in [0.5, 0.6) is 0 Å². The molecule has 1 rings (SSSR count). The minimum atomic E-state index is -2.43. The highest BCUT2D eigenvalue weighted by atomic mass is 32.2. The van der Waals surface area contributed by atoms with E-state index in [1.54, 1.807) is 0 Å². The molecule has 13 heavy (non-hydrogen) atoms. The van der Waals surface area contributed by atoms with Crippen LogP contribution in [0.4, 0.5) is 8.78 Å². The summed E-state index contributed by atoms with van der Waals surface area (Å²) in [7, 11) is 0. The van der Waals surface area contributed by atoms with E-state index in [2.05, 4.69) is 30.2 Å². The lowest BCUT2D eigenvalue weighted by atomic mass is 10.1. The Bertz CT molecular complexity index is 151. The maximum absolute atomic E-state index is 12.7. The van der Waals surface area contributed by atoms with Crippen molar-refractivity contribution in [2.24, 2.45) is 0 Å². The smallest absolute Gasteiger partial charge is 0.250 e. The third kappa shape index (κ3) is 4.51. The quantitative estimate of drug-likeness (QED) is 0.553. The molecule has 1 saturated heterocycles. The summed E-state index contributed by atoms with van der Waals surface area (Å²) in [4.78, 5) is 2.05. The number of thiol groups is 2. The lowest BCUT2D eigenvalue weighted by molar-refractivity contribution is -0.0549. The van der Waals surface area contributed by atoms with Crippen LogP contribution in [0.1, 0.15) is 19.3 Å². The van der Waals surface area contributed by atoms with Gasteiger partial charge in [0.25, 0.3) is 5.92 Å². The Kier molecular flexibility index (Phi) is 4.32. The molecule has 78 valence electrons. The molecule has 0 unspecified atom stereocenters. The fraction of sp³-hybridized carbons (Fsp3) is 1.00. The lowest BCUT2D eigenvalue weighted by Gasteiger charge is -2.31. The minimum absolute atomic E-state index is 0.00317. The fourth-order valence-corrected chi connectivity index (χ4v) is 1.63. The number of hydrogen-bond acceptors (Lipinski definition) is 3. The van der Waals surface area contributed by atoms with Crippen molar-refractivity contribution in [1.82, 2.24) is 4.90 Å². The predicted octanol–water partition coefficient (Wildman–Crippen LogP) is 2.29. The number of hydrogen-bond donors (Lipinski definition) is 2. The Morgan fingerprint density at radius 3 is 2.23 bits per heavy atom. The summed E-state index contributed by atoms with van der Waals surface area (Å²) in [6.07, 6.45) is 0.839. The van der Waals surface area contributed by atoms with Crippen LogP contribution >= 0.6 is 25.3 Å². The van der Waals surface area contributed by atoms with Gasteiger partial charge < -0.3 is 4.90 Å². The number of rotatable bonds is 3. The molecule has 1 aliphatic rings. The lowest BCUT2D eigenvalue weighted by Crippen LogP contribution is -2.40. The van der Waals surface area contributed by atoms with E-state index in [1.807, 2.05) is 0 Å². The van der Waals surface area contributed by atoms with Gasteiger partial charge in [0.2, 0.25) is 0 Å². The van der Waals surface area contributed by atoms with E-state index in [0.29, 0.717) is 13.1 Å². The molecule has 0 aliphatic carbocycles. The topological polar surface area (TPSA) is 3.24 Å². The molecule has 0 amide bonds. The molecular formula is C8H15F2NS2. The second-order valence-corrected chi connectivity index (χ2v) is 5.12. The third-order valence-electron chi connectivity index (χ3n) is 2.29. The van der Waals surface area contributed by atoms with Crippen LogP contribution in [0.25, 0.3) is 0 Å². The molecular weight excluding hydrogens is 212 g/mol. The zero-order chi connectivity index (χ0) is 9.90. The highest BCUT2D eigenvalue weighted by molar-refractivity contribution is 7.99.